The Labute approximate surface area is 171 Å². The number of amides is 1. The first-order chi connectivity index (χ1) is 14.3. The van der Waals surface area contributed by atoms with Gasteiger partial charge in [-0.05, 0) is 36.3 Å². The predicted octanol–water partition coefficient (Wildman–Crippen LogP) is 3.87. The highest BCUT2D eigenvalue weighted by atomic mass is 16.1. The standard InChI is InChI=1S/C24H26N4O/c29-24(27-16-21-9-5-2-6-10-21)22-17-26-23(18-25-22)28-13-11-20(12-14-28)15-19-7-3-1-4-8-19/h1-10,17-18,20H,11-16H2,(H,27,29). The van der Waals surface area contributed by atoms with Crippen molar-refractivity contribution in [3.05, 3.63) is 89.9 Å². The number of rotatable bonds is 6. The molecule has 29 heavy (non-hydrogen) atoms. The summed E-state index contributed by atoms with van der Waals surface area (Å²) in [6.45, 7) is 2.44. The Morgan fingerprint density at radius 1 is 0.897 bits per heavy atom. The Bertz CT molecular complexity index is 905. The average Bonchev–Trinajstić information content (AvgIpc) is 2.79. The second kappa shape index (κ2) is 9.32. The van der Waals surface area contributed by atoms with Crippen molar-refractivity contribution in [2.45, 2.75) is 25.8 Å². The van der Waals surface area contributed by atoms with Gasteiger partial charge in [0.15, 0.2) is 0 Å². The molecule has 0 aliphatic carbocycles. The maximum absolute atomic E-state index is 12.3. The van der Waals surface area contributed by atoms with E-state index in [1.54, 1.807) is 12.4 Å². The molecule has 0 atom stereocenters. The molecular weight excluding hydrogens is 360 g/mol. The molecule has 0 radical (unpaired) electrons. The molecule has 0 unspecified atom stereocenters. The number of piperidine rings is 1. The Balaban J connectivity index is 1.27. The smallest absolute Gasteiger partial charge is 0.271 e. The van der Waals surface area contributed by atoms with E-state index in [-0.39, 0.29) is 5.91 Å². The van der Waals surface area contributed by atoms with Gasteiger partial charge in [0, 0.05) is 19.6 Å². The molecule has 0 spiro atoms. The third kappa shape index (κ3) is 5.19. The highest BCUT2D eigenvalue weighted by Crippen LogP contribution is 2.24. The summed E-state index contributed by atoms with van der Waals surface area (Å²) >= 11 is 0. The molecule has 1 aliphatic heterocycles. The molecule has 1 saturated heterocycles. The van der Waals surface area contributed by atoms with Gasteiger partial charge in [0.1, 0.15) is 11.5 Å². The summed E-state index contributed by atoms with van der Waals surface area (Å²) in [4.78, 5) is 23.4. The van der Waals surface area contributed by atoms with E-state index in [0.29, 0.717) is 18.2 Å². The Hall–Kier alpha value is -3.21. The monoisotopic (exact) mass is 386 g/mol. The van der Waals surface area contributed by atoms with Gasteiger partial charge in [0.2, 0.25) is 0 Å². The number of carbonyl (C=O) groups is 1. The lowest BCUT2D eigenvalue weighted by atomic mass is 9.90. The molecule has 5 heteroatoms. The van der Waals surface area contributed by atoms with Gasteiger partial charge in [-0.15, -0.1) is 0 Å². The first kappa shape index (κ1) is 19.1. The zero-order valence-corrected chi connectivity index (χ0v) is 16.5. The minimum absolute atomic E-state index is 0.200. The quantitative estimate of drug-likeness (QED) is 0.699. The summed E-state index contributed by atoms with van der Waals surface area (Å²) in [6.07, 6.45) is 6.73. The lowest BCUT2D eigenvalue weighted by Gasteiger charge is -2.32. The Morgan fingerprint density at radius 3 is 2.17 bits per heavy atom. The molecule has 1 N–H and O–H groups in total. The normalized spacial score (nSPS) is 14.6. The number of anilines is 1. The van der Waals surface area contributed by atoms with Crippen LogP contribution in [-0.2, 0) is 13.0 Å². The van der Waals surface area contributed by atoms with Crippen LogP contribution in [0.5, 0.6) is 0 Å². The zero-order valence-electron chi connectivity index (χ0n) is 16.5. The number of carbonyl (C=O) groups excluding carboxylic acids is 1. The number of benzene rings is 2. The number of hydrogen-bond acceptors (Lipinski definition) is 4. The maximum atomic E-state index is 12.3. The van der Waals surface area contributed by atoms with Crippen LogP contribution in [0, 0.1) is 5.92 Å². The van der Waals surface area contributed by atoms with Crippen LogP contribution in [0.25, 0.3) is 0 Å². The number of nitrogens with one attached hydrogen (secondary N) is 1. The summed E-state index contributed by atoms with van der Waals surface area (Å²) < 4.78 is 0. The van der Waals surface area contributed by atoms with E-state index in [2.05, 4.69) is 50.5 Å². The van der Waals surface area contributed by atoms with Crippen molar-refractivity contribution in [2.75, 3.05) is 18.0 Å². The first-order valence-corrected chi connectivity index (χ1v) is 10.2. The molecule has 148 valence electrons. The van der Waals surface area contributed by atoms with Crippen molar-refractivity contribution < 1.29 is 4.79 Å². The van der Waals surface area contributed by atoms with E-state index in [1.165, 1.54) is 5.56 Å². The van der Waals surface area contributed by atoms with E-state index in [1.807, 2.05) is 30.3 Å². The molecule has 4 rings (SSSR count). The fourth-order valence-electron chi connectivity index (χ4n) is 3.78. The molecular formula is C24H26N4O. The second-order valence-electron chi connectivity index (χ2n) is 7.55. The molecule has 5 nitrogen and oxygen atoms in total. The zero-order chi connectivity index (χ0) is 19.9. The molecule has 1 aromatic heterocycles. The van der Waals surface area contributed by atoms with Crippen LogP contribution in [0.3, 0.4) is 0 Å². The maximum Gasteiger partial charge on any atom is 0.271 e. The van der Waals surface area contributed by atoms with Crippen molar-refractivity contribution in [3.63, 3.8) is 0 Å². The van der Waals surface area contributed by atoms with Crippen molar-refractivity contribution in [1.82, 2.24) is 15.3 Å². The van der Waals surface area contributed by atoms with Crippen LogP contribution in [0.1, 0.15) is 34.5 Å². The third-order valence-corrected chi connectivity index (χ3v) is 5.47. The van der Waals surface area contributed by atoms with E-state index >= 15 is 0 Å². The molecule has 3 aromatic rings. The number of aromatic nitrogens is 2. The van der Waals surface area contributed by atoms with Crippen molar-refractivity contribution in [1.29, 1.82) is 0 Å². The number of nitrogens with zero attached hydrogens (tertiary/aromatic N) is 3. The van der Waals surface area contributed by atoms with Crippen LogP contribution in [0.2, 0.25) is 0 Å². The van der Waals surface area contributed by atoms with E-state index in [4.69, 9.17) is 0 Å². The van der Waals surface area contributed by atoms with E-state index in [0.717, 1.165) is 43.7 Å². The molecule has 1 aliphatic rings. The minimum atomic E-state index is -0.200. The minimum Gasteiger partial charge on any atom is -0.355 e. The SMILES string of the molecule is O=C(NCc1ccccc1)c1cnc(N2CCC(Cc3ccccc3)CC2)cn1. The average molecular weight is 386 g/mol. The van der Waals surface area contributed by atoms with Gasteiger partial charge >= 0.3 is 0 Å². The largest absolute Gasteiger partial charge is 0.355 e. The predicted molar refractivity (Wildman–Crippen MR) is 115 cm³/mol. The molecule has 2 aromatic carbocycles. The van der Waals surface area contributed by atoms with Gasteiger partial charge in [-0.25, -0.2) is 9.97 Å². The van der Waals surface area contributed by atoms with Gasteiger partial charge in [-0.3, -0.25) is 4.79 Å². The van der Waals surface area contributed by atoms with E-state index in [9.17, 15) is 4.79 Å². The summed E-state index contributed by atoms with van der Waals surface area (Å²) in [5, 5.41) is 2.89. The van der Waals surface area contributed by atoms with Crippen LogP contribution in [0.4, 0.5) is 5.82 Å². The summed E-state index contributed by atoms with van der Waals surface area (Å²) in [5.74, 6) is 1.36. The van der Waals surface area contributed by atoms with Crippen molar-refractivity contribution in [3.8, 4) is 0 Å². The highest BCUT2D eigenvalue weighted by molar-refractivity contribution is 5.91. The molecule has 2 heterocycles. The van der Waals surface area contributed by atoms with Crippen LogP contribution < -0.4 is 10.2 Å². The third-order valence-electron chi connectivity index (χ3n) is 5.47. The lowest BCUT2D eigenvalue weighted by Crippen LogP contribution is -2.35. The van der Waals surface area contributed by atoms with Crippen LogP contribution in [-0.4, -0.2) is 29.0 Å². The van der Waals surface area contributed by atoms with Crippen LogP contribution >= 0.6 is 0 Å². The highest BCUT2D eigenvalue weighted by Gasteiger charge is 2.21. The fourth-order valence-corrected chi connectivity index (χ4v) is 3.78. The Kier molecular flexibility index (Phi) is 6.15. The van der Waals surface area contributed by atoms with Crippen LogP contribution in [0.15, 0.2) is 73.1 Å². The molecule has 0 saturated carbocycles. The van der Waals surface area contributed by atoms with Gasteiger partial charge in [0.05, 0.1) is 12.4 Å². The fraction of sp³-hybridized carbons (Fsp3) is 0.292. The van der Waals surface area contributed by atoms with Gasteiger partial charge in [0.25, 0.3) is 5.91 Å². The molecule has 1 fully saturated rings. The van der Waals surface area contributed by atoms with Crippen molar-refractivity contribution >= 4 is 11.7 Å². The lowest BCUT2D eigenvalue weighted by molar-refractivity contribution is 0.0945. The van der Waals surface area contributed by atoms with Gasteiger partial charge in [-0.1, -0.05) is 60.7 Å². The molecule has 1 amide bonds. The summed E-state index contributed by atoms with van der Waals surface area (Å²) in [5.41, 5.74) is 2.82. The first-order valence-electron chi connectivity index (χ1n) is 10.2. The number of hydrogen-bond donors (Lipinski definition) is 1. The molecule has 0 bridgehead atoms. The summed E-state index contributed by atoms with van der Waals surface area (Å²) in [7, 11) is 0. The van der Waals surface area contributed by atoms with Gasteiger partial charge < -0.3 is 10.2 Å². The van der Waals surface area contributed by atoms with E-state index < -0.39 is 0 Å². The topological polar surface area (TPSA) is 58.1 Å². The Morgan fingerprint density at radius 2 is 1.55 bits per heavy atom. The van der Waals surface area contributed by atoms with Crippen molar-refractivity contribution in [2.24, 2.45) is 5.92 Å². The summed E-state index contributed by atoms with van der Waals surface area (Å²) in [6, 6.07) is 20.5. The van der Waals surface area contributed by atoms with Gasteiger partial charge in [-0.2, -0.15) is 0 Å². The second-order valence-corrected chi connectivity index (χ2v) is 7.55.